The van der Waals surface area contributed by atoms with Crippen molar-refractivity contribution >= 4 is 32.9 Å². The molecule has 0 aliphatic carbocycles. The van der Waals surface area contributed by atoms with Crippen LogP contribution in [-0.4, -0.2) is 54.0 Å². The quantitative estimate of drug-likeness (QED) is 0.161. The van der Waals surface area contributed by atoms with E-state index < -0.39 is 0 Å². The lowest BCUT2D eigenvalue weighted by atomic mass is 10.0. The van der Waals surface area contributed by atoms with Gasteiger partial charge in [0.1, 0.15) is 5.75 Å². The fourth-order valence-electron chi connectivity index (χ4n) is 3.83. The number of anilines is 1. The molecule has 0 atom stereocenters. The first-order valence-corrected chi connectivity index (χ1v) is 10.1. The Bertz CT molecular complexity index is 1220. The summed E-state index contributed by atoms with van der Waals surface area (Å²) >= 11 is 0. The lowest BCUT2D eigenvalue weighted by molar-refractivity contribution is 0.481. The monoisotopic (exact) mass is 409 g/mol. The van der Waals surface area contributed by atoms with Crippen LogP contribution in [-0.2, 0) is 6.54 Å². The van der Waals surface area contributed by atoms with E-state index in [-0.39, 0.29) is 16.6 Å². The Balaban J connectivity index is 1.88. The Kier molecular flexibility index (Phi) is 5.96. The van der Waals surface area contributed by atoms with Crippen LogP contribution >= 0.6 is 0 Å². The van der Waals surface area contributed by atoms with Gasteiger partial charge in [-0.25, -0.2) is 4.52 Å². The van der Waals surface area contributed by atoms with Crippen molar-refractivity contribution in [3.05, 3.63) is 46.2 Å². The summed E-state index contributed by atoms with van der Waals surface area (Å²) in [6.07, 6.45) is 0. The molecule has 30 heavy (non-hydrogen) atoms. The molecule has 0 aliphatic heterocycles. The van der Waals surface area contributed by atoms with Crippen molar-refractivity contribution in [3.8, 4) is 5.75 Å². The Labute approximate surface area is 173 Å². The van der Waals surface area contributed by atoms with Crippen LogP contribution in [0, 0.1) is 0 Å². The fraction of sp³-hybridized carbons (Fsp3) is 0.333. The molecule has 0 unspecified atom stereocenters. The normalized spacial score (nSPS) is 11.8. The summed E-state index contributed by atoms with van der Waals surface area (Å²) in [5.41, 5.74) is 13.8. The summed E-state index contributed by atoms with van der Waals surface area (Å²) in [5, 5.41) is 26.7. The summed E-state index contributed by atoms with van der Waals surface area (Å²) in [6, 6.07) is 8.94. The highest BCUT2D eigenvalue weighted by atomic mass is 16.3. The van der Waals surface area contributed by atoms with Crippen LogP contribution in [0.4, 0.5) is 5.69 Å². The second-order valence-corrected chi connectivity index (χ2v) is 7.17. The molecule has 0 amide bonds. The minimum absolute atomic E-state index is 0.0472. The van der Waals surface area contributed by atoms with Gasteiger partial charge in [-0.05, 0) is 24.3 Å². The van der Waals surface area contributed by atoms with E-state index in [0.717, 1.165) is 35.4 Å². The van der Waals surface area contributed by atoms with Crippen molar-refractivity contribution in [2.24, 2.45) is 11.5 Å². The third-order valence-electron chi connectivity index (χ3n) is 5.18. The first-order valence-electron chi connectivity index (χ1n) is 10.1. The van der Waals surface area contributed by atoms with Crippen molar-refractivity contribution < 1.29 is 5.11 Å². The van der Waals surface area contributed by atoms with E-state index in [2.05, 4.69) is 16.0 Å². The molecule has 0 radical (unpaired) electrons. The molecule has 158 valence electrons. The van der Waals surface area contributed by atoms with E-state index in [1.165, 1.54) is 6.07 Å². The van der Waals surface area contributed by atoms with E-state index in [4.69, 9.17) is 16.6 Å². The Morgan fingerprint density at radius 2 is 1.77 bits per heavy atom. The van der Waals surface area contributed by atoms with Gasteiger partial charge in [0.2, 0.25) is 5.43 Å². The minimum Gasteiger partial charge on any atom is -0.507 e. The molecule has 0 spiro atoms. The van der Waals surface area contributed by atoms with Crippen LogP contribution in [0.3, 0.4) is 0 Å². The van der Waals surface area contributed by atoms with E-state index in [1.807, 2.05) is 12.1 Å². The molecule has 0 saturated carbocycles. The van der Waals surface area contributed by atoms with Crippen LogP contribution in [0.15, 0.2) is 35.1 Å². The maximum atomic E-state index is 13.4. The Morgan fingerprint density at radius 3 is 2.57 bits per heavy atom. The van der Waals surface area contributed by atoms with E-state index >= 15 is 0 Å². The molecule has 0 bridgehead atoms. The minimum atomic E-state index is -0.208. The number of pyridine rings is 1. The maximum Gasteiger partial charge on any atom is 0.203 e. The number of aromatic hydroxyl groups is 1. The largest absolute Gasteiger partial charge is 0.507 e. The first kappa shape index (κ1) is 20.3. The predicted molar refractivity (Wildman–Crippen MR) is 120 cm³/mol. The molecule has 0 saturated heterocycles. The number of nitrogens with one attached hydrogen (secondary N) is 3. The highest BCUT2D eigenvalue weighted by Gasteiger charge is 2.21. The third-order valence-corrected chi connectivity index (χ3v) is 5.18. The van der Waals surface area contributed by atoms with Crippen LogP contribution in [0.2, 0.25) is 0 Å². The van der Waals surface area contributed by atoms with Gasteiger partial charge in [0.15, 0.2) is 0 Å². The zero-order valence-electron chi connectivity index (χ0n) is 16.7. The summed E-state index contributed by atoms with van der Waals surface area (Å²) in [4.78, 5) is 13.4. The molecule has 9 heteroatoms. The number of rotatable bonds is 10. The molecule has 4 aromatic rings. The van der Waals surface area contributed by atoms with Crippen LogP contribution < -0.4 is 32.8 Å². The topological polar surface area (TPSA) is 143 Å². The van der Waals surface area contributed by atoms with Crippen molar-refractivity contribution in [1.82, 2.24) is 20.2 Å². The lowest BCUT2D eigenvalue weighted by Gasteiger charge is -2.12. The van der Waals surface area contributed by atoms with Gasteiger partial charge in [-0.3, -0.25) is 4.79 Å². The molecule has 0 fully saturated rings. The number of phenolic OH excluding ortho intramolecular Hbond substituents is 1. The Morgan fingerprint density at radius 1 is 0.967 bits per heavy atom. The van der Waals surface area contributed by atoms with Crippen molar-refractivity contribution in [1.29, 1.82) is 0 Å². The molecule has 9 nitrogen and oxygen atoms in total. The molecular weight excluding hydrogens is 382 g/mol. The van der Waals surface area contributed by atoms with Crippen molar-refractivity contribution in [3.63, 3.8) is 0 Å². The average molecular weight is 409 g/mol. The molecule has 2 aromatic carbocycles. The lowest BCUT2D eigenvalue weighted by Crippen LogP contribution is -2.27. The van der Waals surface area contributed by atoms with Crippen molar-refractivity contribution in [2.75, 3.05) is 44.6 Å². The van der Waals surface area contributed by atoms with Gasteiger partial charge in [0.05, 0.1) is 27.5 Å². The van der Waals surface area contributed by atoms with E-state index in [0.29, 0.717) is 43.6 Å². The van der Waals surface area contributed by atoms with Gasteiger partial charge in [-0.2, -0.15) is 5.10 Å². The smallest absolute Gasteiger partial charge is 0.203 e. The Hall–Kier alpha value is -2.98. The number of benzene rings is 2. The number of fused-ring (bicyclic) bond motifs is 2. The number of hydrogen-bond donors (Lipinski definition) is 6. The first-order chi connectivity index (χ1) is 14.7. The van der Waals surface area contributed by atoms with Crippen LogP contribution in [0.1, 0.15) is 5.69 Å². The summed E-state index contributed by atoms with van der Waals surface area (Å²) in [5.74, 6) is -0.0472. The van der Waals surface area contributed by atoms with Crippen molar-refractivity contribution in [2.45, 2.75) is 6.54 Å². The molecular formula is C21H27N7O2. The third kappa shape index (κ3) is 3.52. The molecule has 2 heterocycles. The standard InChI is InChI=1S/C21H27N7O2/c22-6-8-24-10-11-26-14-5-4-13-15(12-25-9-7-23)27-28-16-2-1-3-17(29)19(16)21(30)18(14)20(13)28/h1-5,24-26,29H,6-12,22-23H2. The van der Waals surface area contributed by atoms with Crippen LogP contribution in [0.5, 0.6) is 5.75 Å². The number of nitrogens with zero attached hydrogens (tertiary/aromatic N) is 2. The summed E-state index contributed by atoms with van der Waals surface area (Å²) < 4.78 is 1.76. The van der Waals surface area contributed by atoms with Gasteiger partial charge in [-0.1, -0.05) is 6.07 Å². The van der Waals surface area contributed by atoms with Gasteiger partial charge < -0.3 is 32.5 Å². The zero-order valence-corrected chi connectivity index (χ0v) is 16.7. The highest BCUT2D eigenvalue weighted by molar-refractivity contribution is 6.09. The second kappa shape index (κ2) is 8.80. The number of phenols is 1. The highest BCUT2D eigenvalue weighted by Crippen LogP contribution is 2.32. The maximum absolute atomic E-state index is 13.4. The molecule has 2 aromatic heterocycles. The molecule has 0 aliphatic rings. The van der Waals surface area contributed by atoms with Crippen LogP contribution in [0.25, 0.3) is 27.2 Å². The number of aromatic nitrogens is 2. The second-order valence-electron chi connectivity index (χ2n) is 7.17. The summed E-state index contributed by atoms with van der Waals surface area (Å²) in [7, 11) is 0. The SMILES string of the molecule is NCCNCCNc1ccc2c(CNCCN)nn3c4cccc(O)c4c(=O)c1c23. The predicted octanol–water partition coefficient (Wildman–Crippen LogP) is 0.153. The van der Waals surface area contributed by atoms with Gasteiger partial charge in [0, 0.05) is 56.9 Å². The van der Waals surface area contributed by atoms with Gasteiger partial charge in [-0.15, -0.1) is 0 Å². The average Bonchev–Trinajstić information content (AvgIpc) is 3.11. The number of nitrogens with two attached hydrogens (primary N) is 2. The molecule has 4 rings (SSSR count). The van der Waals surface area contributed by atoms with E-state index in [1.54, 1.807) is 16.6 Å². The number of hydrogen-bond acceptors (Lipinski definition) is 8. The van der Waals surface area contributed by atoms with E-state index in [9.17, 15) is 9.90 Å². The summed E-state index contributed by atoms with van der Waals surface area (Å²) in [6.45, 7) is 4.42. The van der Waals surface area contributed by atoms with Gasteiger partial charge >= 0.3 is 0 Å². The molecule has 8 N–H and O–H groups in total. The van der Waals surface area contributed by atoms with Gasteiger partial charge in [0.25, 0.3) is 0 Å². The zero-order chi connectivity index (χ0) is 21.1. The fourth-order valence-corrected chi connectivity index (χ4v) is 3.83.